The SMILES string of the molecule is CS(=O)(=O)c1cc(C(=O)OCC(=O)NC2CCCCCCC2)ccc1Cl. The summed E-state index contributed by atoms with van der Waals surface area (Å²) in [5, 5.41) is 2.94. The minimum atomic E-state index is -3.57. The zero-order valence-corrected chi connectivity index (χ0v) is 16.4. The second kappa shape index (κ2) is 9.37. The van der Waals surface area contributed by atoms with Gasteiger partial charge in [-0.1, -0.05) is 43.7 Å². The molecule has 0 saturated heterocycles. The molecule has 1 aliphatic carbocycles. The largest absolute Gasteiger partial charge is 0.452 e. The normalized spacial score (nSPS) is 16.4. The minimum absolute atomic E-state index is 0.0334. The summed E-state index contributed by atoms with van der Waals surface area (Å²) in [6.45, 7) is -0.397. The Bertz CT molecular complexity index is 755. The third-order valence-corrected chi connectivity index (χ3v) is 5.95. The third kappa shape index (κ3) is 6.29. The number of hydrogen-bond acceptors (Lipinski definition) is 5. The number of nitrogens with one attached hydrogen (secondary N) is 1. The van der Waals surface area contributed by atoms with E-state index in [2.05, 4.69) is 5.32 Å². The number of carbonyl (C=O) groups excluding carboxylic acids is 2. The summed E-state index contributed by atoms with van der Waals surface area (Å²) >= 11 is 5.85. The molecule has 0 aliphatic heterocycles. The number of carbonyl (C=O) groups is 2. The van der Waals surface area contributed by atoms with Gasteiger partial charge in [-0.05, 0) is 31.0 Å². The molecule has 1 amide bonds. The van der Waals surface area contributed by atoms with Crippen molar-refractivity contribution in [3.05, 3.63) is 28.8 Å². The van der Waals surface area contributed by atoms with Crippen LogP contribution in [0.4, 0.5) is 0 Å². The topological polar surface area (TPSA) is 89.5 Å². The van der Waals surface area contributed by atoms with Crippen molar-refractivity contribution >= 4 is 33.3 Å². The van der Waals surface area contributed by atoms with Gasteiger partial charge in [0.15, 0.2) is 16.4 Å². The van der Waals surface area contributed by atoms with Crippen LogP contribution in [0, 0.1) is 0 Å². The highest BCUT2D eigenvalue weighted by atomic mass is 35.5. The number of hydrogen-bond donors (Lipinski definition) is 1. The lowest BCUT2D eigenvalue weighted by Gasteiger charge is -2.20. The monoisotopic (exact) mass is 401 g/mol. The molecule has 1 aromatic rings. The van der Waals surface area contributed by atoms with Crippen LogP contribution in [-0.2, 0) is 19.4 Å². The Morgan fingerprint density at radius 3 is 2.38 bits per heavy atom. The predicted octanol–water partition coefficient (Wildman–Crippen LogP) is 3.13. The van der Waals surface area contributed by atoms with Gasteiger partial charge in [0.05, 0.1) is 15.5 Å². The smallest absolute Gasteiger partial charge is 0.338 e. The van der Waals surface area contributed by atoms with Gasteiger partial charge in [-0.3, -0.25) is 4.79 Å². The molecule has 0 spiro atoms. The summed E-state index contributed by atoms with van der Waals surface area (Å²) in [4.78, 5) is 24.0. The second-order valence-corrected chi connectivity index (χ2v) is 8.99. The van der Waals surface area contributed by atoms with E-state index in [0.717, 1.165) is 38.0 Å². The molecule has 6 nitrogen and oxygen atoms in total. The fourth-order valence-electron chi connectivity index (χ4n) is 3.00. The molecular formula is C18H24ClNO5S. The van der Waals surface area contributed by atoms with Crippen molar-refractivity contribution in [2.75, 3.05) is 12.9 Å². The van der Waals surface area contributed by atoms with Gasteiger partial charge in [-0.25, -0.2) is 13.2 Å². The highest BCUT2D eigenvalue weighted by Crippen LogP contribution is 2.23. The van der Waals surface area contributed by atoms with E-state index in [1.165, 1.54) is 31.4 Å². The molecule has 0 bridgehead atoms. The Kier molecular flexibility index (Phi) is 7.46. The van der Waals surface area contributed by atoms with Gasteiger partial charge in [-0.15, -0.1) is 0 Å². The molecule has 0 unspecified atom stereocenters. The van der Waals surface area contributed by atoms with E-state index >= 15 is 0 Å². The Hall–Kier alpha value is -1.60. The molecule has 0 atom stereocenters. The quantitative estimate of drug-likeness (QED) is 0.765. The summed E-state index contributed by atoms with van der Waals surface area (Å²) < 4.78 is 28.3. The summed E-state index contributed by atoms with van der Waals surface area (Å²) in [7, 11) is -3.57. The lowest BCUT2D eigenvalue weighted by atomic mass is 9.97. The van der Waals surface area contributed by atoms with Crippen LogP contribution >= 0.6 is 11.6 Å². The summed E-state index contributed by atoms with van der Waals surface area (Å²) in [5.41, 5.74) is 0.0357. The van der Waals surface area contributed by atoms with Crippen molar-refractivity contribution < 1.29 is 22.7 Å². The lowest BCUT2D eigenvalue weighted by Crippen LogP contribution is -2.38. The van der Waals surface area contributed by atoms with Gasteiger partial charge in [0.25, 0.3) is 5.91 Å². The minimum Gasteiger partial charge on any atom is -0.452 e. The fourth-order valence-corrected chi connectivity index (χ4v) is 4.30. The zero-order chi connectivity index (χ0) is 19.2. The highest BCUT2D eigenvalue weighted by molar-refractivity contribution is 7.90. The summed E-state index contributed by atoms with van der Waals surface area (Å²) in [6.07, 6.45) is 8.67. The molecule has 0 aromatic heterocycles. The molecule has 0 radical (unpaired) electrons. The first-order chi connectivity index (χ1) is 12.3. The van der Waals surface area contributed by atoms with Gasteiger partial charge in [-0.2, -0.15) is 0 Å². The van der Waals surface area contributed by atoms with Gasteiger partial charge in [0.1, 0.15) is 0 Å². The first-order valence-electron chi connectivity index (χ1n) is 8.73. The van der Waals surface area contributed by atoms with E-state index in [9.17, 15) is 18.0 Å². The number of halogens is 1. The maximum atomic E-state index is 12.1. The molecule has 144 valence electrons. The molecule has 1 N–H and O–H groups in total. The molecule has 1 saturated carbocycles. The van der Waals surface area contributed by atoms with Crippen LogP contribution < -0.4 is 5.32 Å². The standard InChI is InChI=1S/C18H24ClNO5S/c1-26(23,24)16-11-13(9-10-15(16)19)18(22)25-12-17(21)20-14-7-5-3-2-4-6-8-14/h9-11,14H,2-8,12H2,1H3,(H,20,21). The van der Waals surface area contributed by atoms with Gasteiger partial charge in [0.2, 0.25) is 0 Å². The maximum Gasteiger partial charge on any atom is 0.338 e. The fraction of sp³-hybridized carbons (Fsp3) is 0.556. The van der Waals surface area contributed by atoms with Crippen LogP contribution in [0.5, 0.6) is 0 Å². The lowest BCUT2D eigenvalue weighted by molar-refractivity contribution is -0.125. The highest BCUT2D eigenvalue weighted by Gasteiger charge is 2.18. The van der Waals surface area contributed by atoms with E-state index in [1.54, 1.807) is 0 Å². The van der Waals surface area contributed by atoms with Gasteiger partial charge < -0.3 is 10.1 Å². The number of rotatable bonds is 5. The van der Waals surface area contributed by atoms with Crippen LogP contribution in [0.15, 0.2) is 23.1 Å². The third-order valence-electron chi connectivity index (χ3n) is 4.37. The van der Waals surface area contributed by atoms with Crippen molar-refractivity contribution in [2.45, 2.75) is 55.9 Å². The average Bonchev–Trinajstić information content (AvgIpc) is 2.54. The Balaban J connectivity index is 1.90. The first kappa shape index (κ1) is 20.7. The van der Waals surface area contributed by atoms with Crippen LogP contribution in [0.1, 0.15) is 55.3 Å². The zero-order valence-electron chi connectivity index (χ0n) is 14.8. The van der Waals surface area contributed by atoms with Crippen molar-refractivity contribution in [1.82, 2.24) is 5.32 Å². The van der Waals surface area contributed by atoms with E-state index in [4.69, 9.17) is 16.3 Å². The number of amides is 1. The Morgan fingerprint density at radius 2 is 1.77 bits per heavy atom. The van der Waals surface area contributed by atoms with Crippen molar-refractivity contribution in [1.29, 1.82) is 0 Å². The number of esters is 1. The number of sulfone groups is 1. The molecule has 1 fully saturated rings. The van der Waals surface area contributed by atoms with Gasteiger partial charge in [0, 0.05) is 12.3 Å². The maximum absolute atomic E-state index is 12.1. The average molecular weight is 402 g/mol. The number of ether oxygens (including phenoxy) is 1. The molecule has 0 heterocycles. The summed E-state index contributed by atoms with van der Waals surface area (Å²) in [6, 6.07) is 3.97. The molecule has 26 heavy (non-hydrogen) atoms. The summed E-state index contributed by atoms with van der Waals surface area (Å²) in [5.74, 6) is -1.11. The van der Waals surface area contributed by atoms with Crippen LogP contribution in [-0.4, -0.2) is 39.2 Å². The van der Waals surface area contributed by atoms with Crippen LogP contribution in [0.2, 0.25) is 5.02 Å². The van der Waals surface area contributed by atoms with Crippen LogP contribution in [0.25, 0.3) is 0 Å². The van der Waals surface area contributed by atoms with Gasteiger partial charge >= 0.3 is 5.97 Å². The Labute approximate surface area is 159 Å². The molecule has 1 aromatic carbocycles. The van der Waals surface area contributed by atoms with E-state index in [0.29, 0.717) is 0 Å². The van der Waals surface area contributed by atoms with Crippen LogP contribution in [0.3, 0.4) is 0 Å². The van der Waals surface area contributed by atoms with E-state index < -0.39 is 22.4 Å². The first-order valence-corrected chi connectivity index (χ1v) is 11.0. The van der Waals surface area contributed by atoms with Crippen molar-refractivity contribution in [3.63, 3.8) is 0 Å². The molecule has 1 aliphatic rings. The Morgan fingerprint density at radius 1 is 1.15 bits per heavy atom. The second-order valence-electron chi connectivity index (χ2n) is 6.60. The van der Waals surface area contributed by atoms with E-state index in [1.807, 2.05) is 0 Å². The van der Waals surface area contributed by atoms with E-state index in [-0.39, 0.29) is 27.4 Å². The molecular weight excluding hydrogens is 378 g/mol. The van der Waals surface area contributed by atoms with Crippen molar-refractivity contribution in [2.24, 2.45) is 0 Å². The predicted molar refractivity (Wildman–Crippen MR) is 99.1 cm³/mol. The van der Waals surface area contributed by atoms with Crippen molar-refractivity contribution in [3.8, 4) is 0 Å². The number of benzene rings is 1. The molecule has 8 heteroatoms. The molecule has 2 rings (SSSR count).